The molecular weight excluding hydrogens is 226 g/mol. The molecule has 4 heteroatoms. The van der Waals surface area contributed by atoms with Crippen molar-refractivity contribution in [2.45, 2.75) is 25.5 Å². The summed E-state index contributed by atoms with van der Waals surface area (Å²) in [6.45, 7) is 1.87. The summed E-state index contributed by atoms with van der Waals surface area (Å²) >= 11 is 0. The number of nitrogen functional groups attached to an aromatic ring is 1. The Morgan fingerprint density at radius 1 is 1.50 bits per heavy atom. The highest BCUT2D eigenvalue weighted by Gasteiger charge is 2.27. The third-order valence-electron chi connectivity index (χ3n) is 3.47. The summed E-state index contributed by atoms with van der Waals surface area (Å²) in [7, 11) is 2.09. The van der Waals surface area contributed by atoms with E-state index in [1.807, 2.05) is 18.2 Å². The molecule has 0 amide bonds. The van der Waals surface area contributed by atoms with Gasteiger partial charge in [-0.1, -0.05) is 18.2 Å². The van der Waals surface area contributed by atoms with Gasteiger partial charge in [0.1, 0.15) is 5.84 Å². The van der Waals surface area contributed by atoms with Crippen LogP contribution in [0.4, 0.5) is 0 Å². The van der Waals surface area contributed by atoms with Gasteiger partial charge in [0, 0.05) is 18.7 Å². The van der Waals surface area contributed by atoms with E-state index in [4.69, 9.17) is 11.1 Å². The quantitative estimate of drug-likeness (QED) is 0.540. The highest BCUT2D eigenvalue weighted by Crippen LogP contribution is 2.27. The van der Waals surface area contributed by atoms with Crippen LogP contribution in [-0.2, 0) is 6.54 Å². The smallest absolute Gasteiger partial charge is 0.122 e. The molecule has 0 atom stereocenters. The molecule has 1 aromatic rings. The minimum absolute atomic E-state index is 0.0792. The predicted octanol–water partition coefficient (Wildman–Crippen LogP) is 1.17. The Hall–Kier alpha value is -1.39. The second-order valence-corrected chi connectivity index (χ2v) is 5.30. The third kappa shape index (κ3) is 3.31. The largest absolute Gasteiger partial charge is 0.393 e. The van der Waals surface area contributed by atoms with Crippen LogP contribution in [0.5, 0.6) is 0 Å². The second kappa shape index (κ2) is 5.50. The number of nitrogens with two attached hydrogens (primary N) is 1. The van der Waals surface area contributed by atoms with Crippen molar-refractivity contribution in [3.05, 3.63) is 35.4 Å². The number of benzene rings is 1. The maximum atomic E-state index is 9.26. The molecular formula is C14H21N3O. The van der Waals surface area contributed by atoms with Crippen LogP contribution in [-0.4, -0.2) is 35.5 Å². The zero-order chi connectivity index (χ0) is 13.1. The van der Waals surface area contributed by atoms with E-state index in [0.29, 0.717) is 5.92 Å². The molecule has 0 aliphatic heterocycles. The van der Waals surface area contributed by atoms with Crippen molar-refractivity contribution in [2.75, 3.05) is 13.6 Å². The van der Waals surface area contributed by atoms with E-state index in [0.717, 1.165) is 31.5 Å². The van der Waals surface area contributed by atoms with E-state index in [1.54, 1.807) is 0 Å². The molecule has 0 heterocycles. The summed E-state index contributed by atoms with van der Waals surface area (Å²) < 4.78 is 0. The van der Waals surface area contributed by atoms with Gasteiger partial charge in [0.2, 0.25) is 0 Å². The van der Waals surface area contributed by atoms with Crippen molar-refractivity contribution >= 4 is 5.84 Å². The summed E-state index contributed by atoms with van der Waals surface area (Å²) in [6.07, 6.45) is 1.78. The Bertz CT molecular complexity index is 427. The minimum Gasteiger partial charge on any atom is -0.393 e. The van der Waals surface area contributed by atoms with Crippen LogP contribution < -0.4 is 5.73 Å². The second-order valence-electron chi connectivity index (χ2n) is 5.30. The van der Waals surface area contributed by atoms with Gasteiger partial charge >= 0.3 is 0 Å². The Kier molecular flexibility index (Phi) is 3.99. The van der Waals surface area contributed by atoms with Crippen molar-refractivity contribution in [1.82, 2.24) is 4.90 Å². The number of nitrogens with zero attached hydrogens (tertiary/aromatic N) is 1. The van der Waals surface area contributed by atoms with Crippen LogP contribution in [0.15, 0.2) is 24.3 Å². The summed E-state index contributed by atoms with van der Waals surface area (Å²) in [5.41, 5.74) is 7.43. The zero-order valence-corrected chi connectivity index (χ0v) is 10.8. The van der Waals surface area contributed by atoms with Gasteiger partial charge in [-0.2, -0.15) is 0 Å². The molecule has 18 heavy (non-hydrogen) atoms. The molecule has 0 bridgehead atoms. The van der Waals surface area contributed by atoms with Gasteiger partial charge in [0.25, 0.3) is 0 Å². The maximum absolute atomic E-state index is 9.26. The molecule has 4 nitrogen and oxygen atoms in total. The average Bonchev–Trinajstić information content (AvgIpc) is 2.27. The van der Waals surface area contributed by atoms with E-state index in [9.17, 15) is 5.11 Å². The molecule has 98 valence electrons. The number of aliphatic hydroxyl groups is 1. The number of hydrogen-bond acceptors (Lipinski definition) is 3. The fourth-order valence-electron chi connectivity index (χ4n) is 2.50. The SMILES string of the molecule is CN(Cc1cccc(C(=N)N)c1)CC1CC(O)C1. The van der Waals surface area contributed by atoms with Crippen molar-refractivity contribution in [2.24, 2.45) is 11.7 Å². The van der Waals surface area contributed by atoms with Crippen LogP contribution in [0.25, 0.3) is 0 Å². The summed E-state index contributed by atoms with van der Waals surface area (Å²) in [5, 5.41) is 16.7. The average molecular weight is 247 g/mol. The fourth-order valence-corrected chi connectivity index (χ4v) is 2.50. The van der Waals surface area contributed by atoms with Crippen molar-refractivity contribution in [3.63, 3.8) is 0 Å². The van der Waals surface area contributed by atoms with Crippen LogP contribution in [0.1, 0.15) is 24.0 Å². The minimum atomic E-state index is -0.0792. The number of rotatable bonds is 5. The van der Waals surface area contributed by atoms with Crippen LogP contribution in [0.2, 0.25) is 0 Å². The van der Waals surface area contributed by atoms with Gasteiger partial charge < -0.3 is 15.7 Å². The van der Waals surface area contributed by atoms with Crippen molar-refractivity contribution < 1.29 is 5.11 Å². The van der Waals surface area contributed by atoms with Gasteiger partial charge in [0.05, 0.1) is 6.10 Å². The molecule has 1 aliphatic rings. The zero-order valence-electron chi connectivity index (χ0n) is 10.8. The maximum Gasteiger partial charge on any atom is 0.122 e. The summed E-state index contributed by atoms with van der Waals surface area (Å²) in [5.74, 6) is 0.739. The Morgan fingerprint density at radius 3 is 2.83 bits per heavy atom. The van der Waals surface area contributed by atoms with Gasteiger partial charge in [-0.3, -0.25) is 5.41 Å². The first-order chi connectivity index (χ1) is 8.54. The lowest BCUT2D eigenvalue weighted by molar-refractivity contribution is 0.0274. The highest BCUT2D eigenvalue weighted by atomic mass is 16.3. The molecule has 1 aromatic carbocycles. The number of nitrogens with one attached hydrogen (secondary N) is 1. The van der Waals surface area contributed by atoms with Crippen LogP contribution in [0, 0.1) is 11.3 Å². The normalized spacial score (nSPS) is 22.8. The number of hydrogen-bond donors (Lipinski definition) is 3. The third-order valence-corrected chi connectivity index (χ3v) is 3.47. The lowest BCUT2D eigenvalue weighted by Gasteiger charge is -2.34. The Balaban J connectivity index is 1.88. The first-order valence-electron chi connectivity index (χ1n) is 6.34. The van der Waals surface area contributed by atoms with E-state index in [2.05, 4.69) is 18.0 Å². The van der Waals surface area contributed by atoms with Gasteiger partial charge in [-0.25, -0.2) is 0 Å². The van der Waals surface area contributed by atoms with Crippen molar-refractivity contribution in [1.29, 1.82) is 5.41 Å². The molecule has 1 aliphatic carbocycles. The summed E-state index contributed by atoms with van der Waals surface area (Å²) in [6, 6.07) is 7.81. The van der Waals surface area contributed by atoms with Gasteiger partial charge in [-0.15, -0.1) is 0 Å². The van der Waals surface area contributed by atoms with Gasteiger partial charge in [0.15, 0.2) is 0 Å². The van der Waals surface area contributed by atoms with E-state index >= 15 is 0 Å². The first-order valence-corrected chi connectivity index (χ1v) is 6.34. The highest BCUT2D eigenvalue weighted by molar-refractivity contribution is 5.95. The van der Waals surface area contributed by atoms with E-state index in [-0.39, 0.29) is 11.9 Å². The van der Waals surface area contributed by atoms with E-state index in [1.165, 1.54) is 5.56 Å². The molecule has 0 unspecified atom stereocenters. The predicted molar refractivity (Wildman–Crippen MR) is 72.5 cm³/mol. The van der Waals surface area contributed by atoms with Crippen molar-refractivity contribution in [3.8, 4) is 0 Å². The number of amidine groups is 1. The topological polar surface area (TPSA) is 73.3 Å². The molecule has 2 rings (SSSR count). The van der Waals surface area contributed by atoms with E-state index < -0.39 is 0 Å². The number of aliphatic hydroxyl groups excluding tert-OH is 1. The molecule has 1 saturated carbocycles. The Labute approximate surface area is 108 Å². The summed E-state index contributed by atoms with van der Waals surface area (Å²) in [4.78, 5) is 2.26. The molecule has 0 spiro atoms. The molecule has 4 N–H and O–H groups in total. The fraction of sp³-hybridized carbons (Fsp3) is 0.500. The Morgan fingerprint density at radius 2 is 2.22 bits per heavy atom. The van der Waals surface area contributed by atoms with Crippen LogP contribution >= 0.6 is 0 Å². The van der Waals surface area contributed by atoms with Crippen LogP contribution in [0.3, 0.4) is 0 Å². The van der Waals surface area contributed by atoms with Gasteiger partial charge in [-0.05, 0) is 37.4 Å². The molecule has 0 radical (unpaired) electrons. The molecule has 0 saturated heterocycles. The monoisotopic (exact) mass is 247 g/mol. The lowest BCUT2D eigenvalue weighted by Crippen LogP contribution is -2.36. The molecule has 1 fully saturated rings. The molecule has 0 aromatic heterocycles. The standard InChI is InChI=1S/C14H21N3O/c1-17(9-11-6-13(18)7-11)8-10-3-2-4-12(5-10)14(15)16/h2-5,11,13,18H,6-9H2,1H3,(H3,15,16). The lowest BCUT2D eigenvalue weighted by atomic mass is 9.82. The first kappa shape index (κ1) is 13.1.